The molecule has 2 rings (SSSR count). The molecule has 3 amide bonds. The Balaban J connectivity index is 1.75. The zero-order valence-corrected chi connectivity index (χ0v) is 14.3. The van der Waals surface area contributed by atoms with Crippen LogP contribution in [0.5, 0.6) is 0 Å². The largest absolute Gasteiger partial charge is 0.417 e. The van der Waals surface area contributed by atoms with Gasteiger partial charge < -0.3 is 25.0 Å². The van der Waals surface area contributed by atoms with Gasteiger partial charge in [-0.2, -0.15) is 13.2 Å². The maximum Gasteiger partial charge on any atom is 0.417 e. The number of likely N-dealkylation sites (tertiary alicyclic amines) is 1. The third kappa shape index (κ3) is 4.55. The number of likely N-dealkylation sites (N-methyl/N-ethyl adjacent to an activating group) is 1. The highest BCUT2D eigenvalue weighted by Crippen LogP contribution is 2.38. The molecule has 2 saturated heterocycles. The highest BCUT2D eigenvalue weighted by Gasteiger charge is 2.54. The van der Waals surface area contributed by atoms with Crippen LogP contribution in [0.15, 0.2) is 0 Å². The molecule has 0 spiro atoms. The van der Waals surface area contributed by atoms with E-state index in [1.807, 2.05) is 0 Å². The number of urea groups is 1. The van der Waals surface area contributed by atoms with Crippen molar-refractivity contribution >= 4 is 11.9 Å². The van der Waals surface area contributed by atoms with Crippen LogP contribution in [0.3, 0.4) is 0 Å². The summed E-state index contributed by atoms with van der Waals surface area (Å²) in [5.74, 6) is -0.128. The fourth-order valence-electron chi connectivity index (χ4n) is 3.00. The van der Waals surface area contributed by atoms with Crippen LogP contribution in [-0.4, -0.2) is 84.6 Å². The van der Waals surface area contributed by atoms with Gasteiger partial charge in [0.2, 0.25) is 0 Å². The fourth-order valence-corrected chi connectivity index (χ4v) is 3.00. The van der Waals surface area contributed by atoms with E-state index >= 15 is 0 Å². The number of rotatable bonds is 3. The molecule has 2 atom stereocenters. The summed E-state index contributed by atoms with van der Waals surface area (Å²) in [6, 6.07) is -0.491. The number of amides is 3. The molecule has 144 valence electrons. The average molecular weight is 367 g/mol. The van der Waals surface area contributed by atoms with E-state index in [1.165, 1.54) is 9.80 Å². The predicted octanol–water partition coefficient (Wildman–Crippen LogP) is 0.721. The van der Waals surface area contributed by atoms with Gasteiger partial charge in [-0.3, -0.25) is 4.79 Å². The van der Waals surface area contributed by atoms with E-state index in [4.69, 9.17) is 4.74 Å². The number of nitrogens with zero attached hydrogens (tertiary/aromatic N) is 2. The quantitative estimate of drug-likeness (QED) is 0.770. The lowest BCUT2D eigenvalue weighted by Gasteiger charge is -2.39. The number of piperidine rings is 1. The van der Waals surface area contributed by atoms with Crippen LogP contribution >= 0.6 is 0 Å². The van der Waals surface area contributed by atoms with Crippen LogP contribution in [-0.2, 0) is 9.53 Å². The van der Waals surface area contributed by atoms with Gasteiger partial charge in [0.1, 0.15) is 6.10 Å². The van der Waals surface area contributed by atoms with Crippen molar-refractivity contribution in [1.29, 1.82) is 0 Å². The van der Waals surface area contributed by atoms with Crippen molar-refractivity contribution in [2.75, 3.05) is 33.7 Å². The number of hydrogen-bond acceptors (Lipinski definition) is 4. The Morgan fingerprint density at radius 1 is 1.28 bits per heavy atom. The second kappa shape index (κ2) is 7.36. The fraction of sp³-hybridized carbons (Fsp3) is 0.867. The summed E-state index contributed by atoms with van der Waals surface area (Å²) in [6.07, 6.45) is -5.39. The van der Waals surface area contributed by atoms with Crippen molar-refractivity contribution in [2.45, 2.75) is 49.7 Å². The first kappa shape index (κ1) is 19.8. The Hall–Kier alpha value is -1.55. The number of halogens is 3. The summed E-state index contributed by atoms with van der Waals surface area (Å²) in [6.45, 7) is -0.152. The van der Waals surface area contributed by atoms with E-state index in [1.54, 1.807) is 14.1 Å². The molecule has 7 nitrogen and oxygen atoms in total. The lowest BCUT2D eigenvalue weighted by molar-refractivity contribution is -0.271. The maximum absolute atomic E-state index is 12.7. The minimum atomic E-state index is -4.69. The number of alkyl halides is 3. The second-order valence-electron chi connectivity index (χ2n) is 6.76. The van der Waals surface area contributed by atoms with Crippen LogP contribution in [0.1, 0.15) is 25.7 Å². The Kier molecular flexibility index (Phi) is 5.82. The predicted molar refractivity (Wildman–Crippen MR) is 81.8 cm³/mol. The summed E-state index contributed by atoms with van der Waals surface area (Å²) < 4.78 is 43.8. The summed E-state index contributed by atoms with van der Waals surface area (Å²) in [5.41, 5.74) is -2.72. The molecule has 0 bridgehead atoms. The van der Waals surface area contributed by atoms with Gasteiger partial charge in [-0.05, 0) is 12.8 Å². The van der Waals surface area contributed by atoms with Gasteiger partial charge in [-0.15, -0.1) is 0 Å². The van der Waals surface area contributed by atoms with Gasteiger partial charge in [0.15, 0.2) is 5.60 Å². The van der Waals surface area contributed by atoms with E-state index < -0.39 is 36.8 Å². The molecule has 2 N–H and O–H groups in total. The van der Waals surface area contributed by atoms with Crippen LogP contribution < -0.4 is 5.32 Å². The highest BCUT2D eigenvalue weighted by atomic mass is 19.4. The topological polar surface area (TPSA) is 82.1 Å². The Morgan fingerprint density at radius 2 is 1.88 bits per heavy atom. The lowest BCUT2D eigenvalue weighted by atomic mass is 9.91. The smallest absolute Gasteiger partial charge is 0.380 e. The molecule has 10 heteroatoms. The minimum absolute atomic E-state index is 0.128. The maximum atomic E-state index is 12.7. The number of aliphatic hydroxyl groups is 1. The van der Waals surface area contributed by atoms with Crippen LogP contribution in [0.25, 0.3) is 0 Å². The summed E-state index contributed by atoms with van der Waals surface area (Å²) in [4.78, 5) is 26.6. The molecule has 0 aromatic carbocycles. The molecular weight excluding hydrogens is 343 g/mol. The minimum Gasteiger partial charge on any atom is -0.380 e. The summed E-state index contributed by atoms with van der Waals surface area (Å²) in [5, 5.41) is 12.2. The zero-order chi connectivity index (χ0) is 18.8. The molecule has 25 heavy (non-hydrogen) atoms. The van der Waals surface area contributed by atoms with Gasteiger partial charge in [-0.25, -0.2) is 4.79 Å². The van der Waals surface area contributed by atoms with E-state index in [2.05, 4.69) is 5.32 Å². The van der Waals surface area contributed by atoms with Gasteiger partial charge in [0.25, 0.3) is 5.91 Å². The van der Waals surface area contributed by atoms with Crippen molar-refractivity contribution in [3.05, 3.63) is 0 Å². The summed E-state index contributed by atoms with van der Waals surface area (Å²) >= 11 is 0. The van der Waals surface area contributed by atoms with Gasteiger partial charge in [0, 0.05) is 46.6 Å². The zero-order valence-electron chi connectivity index (χ0n) is 14.3. The van der Waals surface area contributed by atoms with Crippen LogP contribution in [0.2, 0.25) is 0 Å². The number of ether oxygens (including phenoxy) is 1. The molecule has 2 aliphatic heterocycles. The number of hydrogen-bond donors (Lipinski definition) is 2. The SMILES string of the molecule is CN(C)C(=O)C1CCC(CNC(=O)N2CCC(O)(C(F)(F)F)CC2)O1. The van der Waals surface area contributed by atoms with E-state index in [9.17, 15) is 27.9 Å². The van der Waals surface area contributed by atoms with E-state index in [0.717, 1.165) is 0 Å². The van der Waals surface area contributed by atoms with Crippen molar-refractivity contribution in [2.24, 2.45) is 0 Å². The molecule has 2 fully saturated rings. The molecule has 2 aliphatic rings. The lowest BCUT2D eigenvalue weighted by Crippen LogP contribution is -2.56. The molecule has 0 radical (unpaired) electrons. The first-order chi connectivity index (χ1) is 11.5. The number of carbonyl (C=O) groups excluding carboxylic acids is 2. The standard InChI is InChI=1S/C15H24F3N3O4/c1-20(2)12(22)11-4-3-10(25-11)9-19-13(23)21-7-5-14(24,6-8-21)15(16,17)18/h10-11,24H,3-9H2,1-2H3,(H,19,23). The van der Waals surface area contributed by atoms with Crippen molar-refractivity contribution in [1.82, 2.24) is 15.1 Å². The highest BCUT2D eigenvalue weighted by molar-refractivity contribution is 5.80. The van der Waals surface area contributed by atoms with Crippen molar-refractivity contribution in [3.8, 4) is 0 Å². The van der Waals surface area contributed by atoms with Crippen LogP contribution in [0.4, 0.5) is 18.0 Å². The molecular formula is C15H24F3N3O4. The Bertz CT molecular complexity index is 505. The monoisotopic (exact) mass is 367 g/mol. The van der Waals surface area contributed by atoms with Gasteiger partial charge in [-0.1, -0.05) is 0 Å². The third-order valence-corrected chi connectivity index (χ3v) is 4.71. The number of carbonyl (C=O) groups is 2. The average Bonchev–Trinajstić information content (AvgIpc) is 3.00. The first-order valence-electron chi connectivity index (χ1n) is 8.22. The second-order valence-corrected chi connectivity index (χ2v) is 6.76. The molecule has 2 heterocycles. The summed E-state index contributed by atoms with van der Waals surface area (Å²) in [7, 11) is 3.28. The Labute approximate surface area is 144 Å². The normalized spacial score (nSPS) is 26.4. The van der Waals surface area contributed by atoms with Crippen LogP contribution in [0, 0.1) is 0 Å². The number of nitrogens with one attached hydrogen (secondary N) is 1. The third-order valence-electron chi connectivity index (χ3n) is 4.71. The molecule has 0 saturated carbocycles. The molecule has 2 unspecified atom stereocenters. The molecule has 0 aromatic rings. The van der Waals surface area contributed by atoms with E-state index in [-0.39, 0.29) is 31.6 Å². The van der Waals surface area contributed by atoms with Gasteiger partial charge >= 0.3 is 12.2 Å². The molecule has 0 aliphatic carbocycles. The van der Waals surface area contributed by atoms with E-state index in [0.29, 0.717) is 12.8 Å². The Morgan fingerprint density at radius 3 is 2.40 bits per heavy atom. The van der Waals surface area contributed by atoms with Crippen molar-refractivity contribution < 1.29 is 32.6 Å². The molecule has 0 aromatic heterocycles. The van der Waals surface area contributed by atoms with Crippen molar-refractivity contribution in [3.63, 3.8) is 0 Å². The van der Waals surface area contributed by atoms with Gasteiger partial charge in [0.05, 0.1) is 6.10 Å². The first-order valence-corrected chi connectivity index (χ1v) is 8.22.